The van der Waals surface area contributed by atoms with Gasteiger partial charge in [0.05, 0.1) is 23.4 Å². The third-order valence-electron chi connectivity index (χ3n) is 3.10. The first-order valence-corrected chi connectivity index (χ1v) is 5.88. The normalized spacial score (nSPS) is 16.9. The molecule has 1 aromatic carbocycles. The van der Waals surface area contributed by atoms with Crippen molar-refractivity contribution in [1.29, 1.82) is 0 Å². The van der Waals surface area contributed by atoms with Gasteiger partial charge in [0.15, 0.2) is 0 Å². The molecule has 2 aromatic rings. The first-order chi connectivity index (χ1) is 8.03. The van der Waals surface area contributed by atoms with E-state index >= 15 is 0 Å². The third kappa shape index (κ3) is 2.48. The Hall–Kier alpha value is -1.39. The fourth-order valence-electron chi connectivity index (χ4n) is 2.15. The Kier molecular flexibility index (Phi) is 3.17. The number of hydrogen-bond acceptors (Lipinski definition) is 3. The Balaban J connectivity index is 2.28. The molecule has 0 spiro atoms. The lowest BCUT2D eigenvalue weighted by Gasteiger charge is -2.25. The molecule has 3 N–H and O–H groups in total. The molecule has 0 saturated heterocycles. The highest BCUT2D eigenvalue weighted by molar-refractivity contribution is 5.78. The predicted octanol–water partition coefficient (Wildman–Crippen LogP) is 1.70. The topological polar surface area (TPSA) is 64.1 Å². The van der Waals surface area contributed by atoms with Crippen molar-refractivity contribution in [3.63, 3.8) is 0 Å². The monoisotopic (exact) mass is 233 g/mol. The summed E-state index contributed by atoms with van der Waals surface area (Å²) >= 11 is 0. The van der Waals surface area contributed by atoms with Crippen LogP contribution in [-0.2, 0) is 0 Å². The van der Waals surface area contributed by atoms with E-state index in [0.717, 1.165) is 10.9 Å². The zero-order valence-electron chi connectivity index (χ0n) is 10.3. The second-order valence-electron chi connectivity index (χ2n) is 4.90. The van der Waals surface area contributed by atoms with Gasteiger partial charge >= 0.3 is 0 Å². The fourth-order valence-corrected chi connectivity index (χ4v) is 2.15. The molecular formula is C13H19N3O. The molecule has 1 heterocycles. The molecule has 0 fully saturated rings. The van der Waals surface area contributed by atoms with Gasteiger partial charge in [-0.1, -0.05) is 18.2 Å². The van der Waals surface area contributed by atoms with E-state index < -0.39 is 5.60 Å². The zero-order chi connectivity index (χ0) is 12.5. The van der Waals surface area contributed by atoms with Crippen LogP contribution in [0.1, 0.15) is 26.3 Å². The maximum absolute atomic E-state index is 10.00. The van der Waals surface area contributed by atoms with Crippen LogP contribution in [0.2, 0.25) is 0 Å². The Morgan fingerprint density at radius 2 is 2.18 bits per heavy atom. The van der Waals surface area contributed by atoms with E-state index in [1.807, 2.05) is 42.1 Å². The molecule has 0 bridgehead atoms. The van der Waals surface area contributed by atoms with Crippen LogP contribution in [0.15, 0.2) is 30.5 Å². The molecular weight excluding hydrogens is 214 g/mol. The van der Waals surface area contributed by atoms with E-state index in [2.05, 4.69) is 5.10 Å². The zero-order valence-corrected chi connectivity index (χ0v) is 10.3. The third-order valence-corrected chi connectivity index (χ3v) is 3.10. The number of aromatic nitrogens is 2. The van der Waals surface area contributed by atoms with E-state index in [0.29, 0.717) is 6.42 Å². The molecule has 0 saturated carbocycles. The molecule has 4 heteroatoms. The van der Waals surface area contributed by atoms with Gasteiger partial charge in [0.1, 0.15) is 0 Å². The van der Waals surface area contributed by atoms with Crippen LogP contribution >= 0.6 is 0 Å². The molecule has 0 aliphatic heterocycles. The van der Waals surface area contributed by atoms with E-state index in [1.165, 1.54) is 0 Å². The van der Waals surface area contributed by atoms with Crippen LogP contribution in [0.25, 0.3) is 10.9 Å². The van der Waals surface area contributed by atoms with Gasteiger partial charge in [-0.2, -0.15) is 5.10 Å². The number of fused-ring (bicyclic) bond motifs is 1. The van der Waals surface area contributed by atoms with Crippen molar-refractivity contribution in [2.24, 2.45) is 5.73 Å². The lowest BCUT2D eigenvalue weighted by atomic mass is 9.98. The summed E-state index contributed by atoms with van der Waals surface area (Å²) < 4.78 is 1.94. The first-order valence-electron chi connectivity index (χ1n) is 5.88. The summed E-state index contributed by atoms with van der Waals surface area (Å²) in [5.74, 6) is 0. The molecule has 1 aromatic heterocycles. The molecule has 4 nitrogen and oxygen atoms in total. The van der Waals surface area contributed by atoms with E-state index in [1.54, 1.807) is 6.92 Å². The largest absolute Gasteiger partial charge is 0.389 e. The van der Waals surface area contributed by atoms with Crippen molar-refractivity contribution in [1.82, 2.24) is 9.78 Å². The van der Waals surface area contributed by atoms with Crippen LogP contribution < -0.4 is 5.73 Å². The second kappa shape index (κ2) is 4.47. The Morgan fingerprint density at radius 1 is 1.47 bits per heavy atom. The average molecular weight is 233 g/mol. The lowest BCUT2D eigenvalue weighted by Crippen LogP contribution is -2.36. The summed E-state index contributed by atoms with van der Waals surface area (Å²) in [7, 11) is 0. The highest BCUT2D eigenvalue weighted by Gasteiger charge is 2.23. The molecule has 17 heavy (non-hydrogen) atoms. The van der Waals surface area contributed by atoms with Gasteiger partial charge in [-0.3, -0.25) is 4.68 Å². The van der Waals surface area contributed by atoms with Crippen LogP contribution in [0.3, 0.4) is 0 Å². The summed E-state index contributed by atoms with van der Waals surface area (Å²) in [5.41, 5.74) is 5.79. The summed E-state index contributed by atoms with van der Waals surface area (Å²) in [6, 6.07) is 8.18. The van der Waals surface area contributed by atoms with Crippen LogP contribution in [0.4, 0.5) is 0 Å². The maximum Gasteiger partial charge on any atom is 0.0761 e. The molecule has 2 atom stereocenters. The van der Waals surface area contributed by atoms with E-state index in [-0.39, 0.29) is 12.6 Å². The highest BCUT2D eigenvalue weighted by Crippen LogP contribution is 2.23. The Bertz CT molecular complexity index is 504. The SMILES string of the molecule is CC(CC(C)(O)CN)n1ncc2ccccc21. The standard InChI is InChI=1S/C13H19N3O/c1-10(7-13(2,17)9-14)16-12-6-4-3-5-11(12)8-15-16/h3-6,8,10,17H,7,9,14H2,1-2H3. The predicted molar refractivity (Wildman–Crippen MR) is 68.7 cm³/mol. The van der Waals surface area contributed by atoms with Crippen LogP contribution in [0.5, 0.6) is 0 Å². The van der Waals surface area contributed by atoms with Crippen molar-refractivity contribution in [3.8, 4) is 0 Å². The minimum absolute atomic E-state index is 0.119. The Labute approximate surface area is 101 Å². The van der Waals surface area contributed by atoms with Crippen LogP contribution in [0, 0.1) is 0 Å². The fraction of sp³-hybridized carbons (Fsp3) is 0.462. The molecule has 2 rings (SSSR count). The number of nitrogens with zero attached hydrogens (tertiary/aromatic N) is 2. The molecule has 92 valence electrons. The van der Waals surface area contributed by atoms with Crippen molar-refractivity contribution >= 4 is 10.9 Å². The van der Waals surface area contributed by atoms with Crippen LogP contribution in [-0.4, -0.2) is 27.0 Å². The summed E-state index contributed by atoms with van der Waals surface area (Å²) in [6.45, 7) is 4.06. The van der Waals surface area contributed by atoms with Gasteiger partial charge in [0.25, 0.3) is 0 Å². The van der Waals surface area contributed by atoms with Crippen molar-refractivity contribution in [2.45, 2.75) is 31.9 Å². The van der Waals surface area contributed by atoms with Gasteiger partial charge < -0.3 is 10.8 Å². The van der Waals surface area contributed by atoms with Gasteiger partial charge in [0, 0.05) is 11.9 Å². The van der Waals surface area contributed by atoms with Gasteiger partial charge in [-0.25, -0.2) is 0 Å². The van der Waals surface area contributed by atoms with Gasteiger partial charge in [-0.15, -0.1) is 0 Å². The quantitative estimate of drug-likeness (QED) is 0.844. The molecule has 2 unspecified atom stereocenters. The lowest BCUT2D eigenvalue weighted by molar-refractivity contribution is 0.0455. The van der Waals surface area contributed by atoms with E-state index in [4.69, 9.17) is 5.73 Å². The molecule has 0 aliphatic rings. The highest BCUT2D eigenvalue weighted by atomic mass is 16.3. The van der Waals surface area contributed by atoms with Crippen molar-refractivity contribution < 1.29 is 5.11 Å². The summed E-state index contributed by atoms with van der Waals surface area (Å²) in [4.78, 5) is 0. The molecule has 0 amide bonds. The molecule has 0 radical (unpaired) electrons. The number of benzene rings is 1. The van der Waals surface area contributed by atoms with E-state index in [9.17, 15) is 5.11 Å². The number of rotatable bonds is 4. The average Bonchev–Trinajstić information content (AvgIpc) is 2.72. The van der Waals surface area contributed by atoms with Gasteiger partial charge in [-0.05, 0) is 26.3 Å². The minimum Gasteiger partial charge on any atom is -0.389 e. The number of para-hydroxylation sites is 1. The van der Waals surface area contributed by atoms with Gasteiger partial charge in [0.2, 0.25) is 0 Å². The number of hydrogen-bond donors (Lipinski definition) is 2. The first kappa shape index (κ1) is 12.1. The summed E-state index contributed by atoms with van der Waals surface area (Å²) in [6.07, 6.45) is 2.44. The minimum atomic E-state index is -0.841. The summed E-state index contributed by atoms with van der Waals surface area (Å²) in [5, 5.41) is 15.5. The smallest absolute Gasteiger partial charge is 0.0761 e. The molecule has 0 aliphatic carbocycles. The maximum atomic E-state index is 10.00. The Morgan fingerprint density at radius 3 is 2.88 bits per heavy atom. The van der Waals surface area contributed by atoms with Crippen molar-refractivity contribution in [2.75, 3.05) is 6.54 Å². The number of nitrogens with two attached hydrogens (primary N) is 1. The van der Waals surface area contributed by atoms with Crippen molar-refractivity contribution in [3.05, 3.63) is 30.5 Å². The second-order valence-corrected chi connectivity index (χ2v) is 4.90. The number of aliphatic hydroxyl groups is 1.